The monoisotopic (exact) mass is 237 g/mol. The van der Waals surface area contributed by atoms with E-state index >= 15 is 0 Å². The fourth-order valence-electron chi connectivity index (χ4n) is 1.47. The summed E-state index contributed by atoms with van der Waals surface area (Å²) >= 11 is 6.01. The van der Waals surface area contributed by atoms with E-state index in [1.807, 2.05) is 6.92 Å². The van der Waals surface area contributed by atoms with Crippen LogP contribution in [0.5, 0.6) is 0 Å². The lowest BCUT2D eigenvalue weighted by Crippen LogP contribution is -2.25. The van der Waals surface area contributed by atoms with Crippen LogP contribution in [0.15, 0.2) is 18.2 Å². The highest BCUT2D eigenvalue weighted by molar-refractivity contribution is 6.34. The predicted molar refractivity (Wildman–Crippen MR) is 65.1 cm³/mol. The molecule has 1 rings (SSSR count). The third kappa shape index (κ3) is 2.47. The summed E-state index contributed by atoms with van der Waals surface area (Å²) in [6, 6.07) is 4.78. The van der Waals surface area contributed by atoms with E-state index in [1.165, 1.54) is 6.07 Å². The van der Waals surface area contributed by atoms with Gasteiger partial charge < -0.3 is 10.0 Å². The zero-order valence-corrected chi connectivity index (χ0v) is 9.66. The van der Waals surface area contributed by atoms with Crippen LogP contribution in [0.25, 0.3) is 0 Å². The maximum atomic E-state index is 11.1. The molecule has 0 aliphatic carbocycles. The minimum atomic E-state index is -1.01. The van der Waals surface area contributed by atoms with Gasteiger partial charge in [-0.2, -0.15) is 0 Å². The summed E-state index contributed by atoms with van der Waals surface area (Å²) in [5.41, 5.74) is 0.654. The van der Waals surface area contributed by atoms with E-state index in [1.54, 1.807) is 17.0 Å². The average molecular weight is 238 g/mol. The molecule has 0 unspecified atom stereocenters. The summed E-state index contributed by atoms with van der Waals surface area (Å²) in [7, 11) is 0. The Hall–Kier alpha value is -1.66. The van der Waals surface area contributed by atoms with Crippen molar-refractivity contribution in [3.63, 3.8) is 0 Å². The molecule has 1 N–H and O–H groups in total. The largest absolute Gasteiger partial charge is 0.478 e. The molecule has 0 aromatic heterocycles. The third-order valence-corrected chi connectivity index (χ3v) is 2.50. The maximum Gasteiger partial charge on any atom is 0.337 e. The van der Waals surface area contributed by atoms with Gasteiger partial charge in [0.1, 0.15) is 0 Å². The van der Waals surface area contributed by atoms with Crippen LogP contribution in [-0.4, -0.2) is 24.2 Å². The number of carbonyl (C=O) groups is 1. The van der Waals surface area contributed by atoms with Crippen molar-refractivity contribution in [2.75, 3.05) is 18.0 Å². The van der Waals surface area contributed by atoms with E-state index in [2.05, 4.69) is 5.92 Å². The highest BCUT2D eigenvalue weighted by Crippen LogP contribution is 2.29. The van der Waals surface area contributed by atoms with Gasteiger partial charge in [0.15, 0.2) is 0 Å². The van der Waals surface area contributed by atoms with Gasteiger partial charge in [0.05, 0.1) is 22.8 Å². The van der Waals surface area contributed by atoms with Gasteiger partial charge in [-0.15, -0.1) is 6.42 Å². The zero-order chi connectivity index (χ0) is 12.1. The number of para-hydroxylation sites is 1. The molecule has 16 heavy (non-hydrogen) atoms. The summed E-state index contributed by atoms with van der Waals surface area (Å²) in [6.07, 6.45) is 5.24. The first-order chi connectivity index (χ1) is 7.61. The number of terminal acetylenes is 1. The molecule has 0 atom stereocenters. The van der Waals surface area contributed by atoms with E-state index in [0.29, 0.717) is 23.8 Å². The molecule has 0 spiro atoms. The second-order valence-electron chi connectivity index (χ2n) is 3.16. The van der Waals surface area contributed by atoms with Gasteiger partial charge >= 0.3 is 5.97 Å². The highest BCUT2D eigenvalue weighted by atomic mass is 35.5. The molecular weight excluding hydrogens is 226 g/mol. The normalized spacial score (nSPS) is 9.56. The SMILES string of the molecule is C#CCN(CC)c1c(Cl)cccc1C(=O)O. The number of anilines is 1. The summed E-state index contributed by atoms with van der Waals surface area (Å²) in [6.45, 7) is 2.83. The minimum absolute atomic E-state index is 0.171. The molecule has 0 saturated carbocycles. The van der Waals surface area contributed by atoms with Gasteiger partial charge in [-0.25, -0.2) is 4.79 Å². The van der Waals surface area contributed by atoms with Crippen molar-refractivity contribution in [1.29, 1.82) is 0 Å². The first-order valence-electron chi connectivity index (χ1n) is 4.82. The van der Waals surface area contributed by atoms with E-state index in [9.17, 15) is 4.79 Å². The second kappa shape index (κ2) is 5.43. The van der Waals surface area contributed by atoms with Crippen molar-refractivity contribution in [3.05, 3.63) is 28.8 Å². The first-order valence-corrected chi connectivity index (χ1v) is 5.19. The molecule has 0 aliphatic heterocycles. The van der Waals surface area contributed by atoms with Gasteiger partial charge in [0.2, 0.25) is 0 Å². The van der Waals surface area contributed by atoms with Crippen LogP contribution in [0, 0.1) is 12.3 Å². The molecule has 0 amide bonds. The van der Waals surface area contributed by atoms with Crippen molar-refractivity contribution in [1.82, 2.24) is 0 Å². The highest BCUT2D eigenvalue weighted by Gasteiger charge is 2.17. The summed E-state index contributed by atoms with van der Waals surface area (Å²) in [4.78, 5) is 12.8. The van der Waals surface area contributed by atoms with E-state index < -0.39 is 5.97 Å². The van der Waals surface area contributed by atoms with E-state index in [0.717, 1.165) is 0 Å². The number of aromatic carboxylic acids is 1. The Kier molecular flexibility index (Phi) is 4.21. The van der Waals surface area contributed by atoms with Crippen molar-refractivity contribution in [2.45, 2.75) is 6.92 Å². The summed E-state index contributed by atoms with van der Waals surface area (Å²) in [5, 5.41) is 9.47. The number of hydrogen-bond acceptors (Lipinski definition) is 2. The molecule has 0 radical (unpaired) electrons. The van der Waals surface area contributed by atoms with Crippen LogP contribution in [0.1, 0.15) is 17.3 Å². The standard InChI is InChI=1S/C12H12ClNO2/c1-3-8-14(4-2)11-9(12(15)16)6-5-7-10(11)13/h1,5-7H,4,8H2,2H3,(H,15,16). The Morgan fingerprint density at radius 1 is 1.62 bits per heavy atom. The van der Waals surface area contributed by atoms with E-state index in [-0.39, 0.29) is 5.56 Å². The number of carboxylic acids is 1. The topological polar surface area (TPSA) is 40.5 Å². The second-order valence-corrected chi connectivity index (χ2v) is 3.57. The Labute approximate surface area is 99.6 Å². The molecule has 0 heterocycles. The molecule has 1 aromatic carbocycles. The van der Waals surface area contributed by atoms with Gasteiger partial charge in [-0.05, 0) is 19.1 Å². The number of rotatable bonds is 4. The Morgan fingerprint density at radius 2 is 2.31 bits per heavy atom. The third-order valence-electron chi connectivity index (χ3n) is 2.20. The molecule has 0 bridgehead atoms. The Balaban J connectivity index is 3.29. The van der Waals surface area contributed by atoms with Crippen LogP contribution in [0.2, 0.25) is 5.02 Å². The van der Waals surface area contributed by atoms with Crippen LogP contribution in [0.4, 0.5) is 5.69 Å². The predicted octanol–water partition coefficient (Wildman–Crippen LogP) is 2.50. The summed E-state index contributed by atoms with van der Waals surface area (Å²) in [5.74, 6) is 1.48. The van der Waals surface area contributed by atoms with Crippen molar-refractivity contribution < 1.29 is 9.90 Å². The van der Waals surface area contributed by atoms with Crippen molar-refractivity contribution >= 4 is 23.3 Å². The van der Waals surface area contributed by atoms with Crippen LogP contribution >= 0.6 is 11.6 Å². The van der Waals surface area contributed by atoms with Crippen molar-refractivity contribution in [2.24, 2.45) is 0 Å². The molecule has 1 aromatic rings. The maximum absolute atomic E-state index is 11.1. The summed E-state index contributed by atoms with van der Waals surface area (Å²) < 4.78 is 0. The fraction of sp³-hybridized carbons (Fsp3) is 0.250. The van der Waals surface area contributed by atoms with Crippen LogP contribution < -0.4 is 4.90 Å². The zero-order valence-electron chi connectivity index (χ0n) is 8.90. The number of nitrogens with zero attached hydrogens (tertiary/aromatic N) is 1. The number of benzene rings is 1. The first kappa shape index (κ1) is 12.4. The number of hydrogen-bond donors (Lipinski definition) is 1. The molecule has 0 saturated heterocycles. The smallest absolute Gasteiger partial charge is 0.337 e. The number of carboxylic acid groups (broad SMARTS) is 1. The minimum Gasteiger partial charge on any atom is -0.478 e. The van der Waals surface area contributed by atoms with Gasteiger partial charge in [0.25, 0.3) is 0 Å². The quantitative estimate of drug-likeness (QED) is 0.818. The van der Waals surface area contributed by atoms with Gasteiger partial charge in [0, 0.05) is 6.54 Å². The molecule has 0 fully saturated rings. The van der Waals surface area contributed by atoms with Crippen LogP contribution in [0.3, 0.4) is 0 Å². The lowest BCUT2D eigenvalue weighted by atomic mass is 10.1. The molecular formula is C12H12ClNO2. The molecule has 84 valence electrons. The Bertz CT molecular complexity index is 437. The molecule has 3 nitrogen and oxygen atoms in total. The van der Waals surface area contributed by atoms with Crippen LogP contribution in [-0.2, 0) is 0 Å². The van der Waals surface area contributed by atoms with Crippen molar-refractivity contribution in [3.8, 4) is 12.3 Å². The average Bonchev–Trinajstić information content (AvgIpc) is 2.26. The lowest BCUT2D eigenvalue weighted by molar-refractivity contribution is 0.0697. The fourth-order valence-corrected chi connectivity index (χ4v) is 1.76. The lowest BCUT2D eigenvalue weighted by Gasteiger charge is -2.23. The number of halogens is 1. The van der Waals surface area contributed by atoms with Gasteiger partial charge in [-0.3, -0.25) is 0 Å². The molecule has 4 heteroatoms. The Morgan fingerprint density at radius 3 is 2.81 bits per heavy atom. The van der Waals surface area contributed by atoms with E-state index in [4.69, 9.17) is 23.1 Å². The molecule has 0 aliphatic rings. The van der Waals surface area contributed by atoms with Gasteiger partial charge in [-0.1, -0.05) is 23.6 Å².